The van der Waals surface area contributed by atoms with Gasteiger partial charge in [0.2, 0.25) is 0 Å². The van der Waals surface area contributed by atoms with Crippen LogP contribution in [-0.2, 0) is 9.59 Å². The number of benzene rings is 2. The molecule has 2 aromatic rings. The summed E-state index contributed by atoms with van der Waals surface area (Å²) < 4.78 is 5.04. The molecule has 1 aliphatic rings. The summed E-state index contributed by atoms with van der Waals surface area (Å²) in [6.45, 7) is 0. The van der Waals surface area contributed by atoms with Crippen LogP contribution in [0.1, 0.15) is 5.56 Å². The highest BCUT2D eigenvalue weighted by Crippen LogP contribution is 2.34. The minimum Gasteiger partial charge on any atom is -0.505 e. The highest BCUT2D eigenvalue weighted by atomic mass is 35.5. The van der Waals surface area contributed by atoms with Gasteiger partial charge in [0.15, 0.2) is 5.75 Å². The zero-order valence-electron chi connectivity index (χ0n) is 14.1. The number of imide groups is 2. The third-order valence-corrected chi connectivity index (χ3v) is 4.72. The number of carbonyl (C=O) groups is 3. The van der Waals surface area contributed by atoms with E-state index < -0.39 is 17.8 Å². The number of aromatic hydroxyl groups is 1. The summed E-state index contributed by atoms with van der Waals surface area (Å²) in [5.74, 6) is -1.72. The van der Waals surface area contributed by atoms with Crippen molar-refractivity contribution >= 4 is 64.4 Å². The lowest BCUT2D eigenvalue weighted by Gasteiger charge is -2.26. The molecule has 0 saturated carbocycles. The Bertz CT molecular complexity index is 1030. The van der Waals surface area contributed by atoms with Gasteiger partial charge < -0.3 is 9.84 Å². The fourth-order valence-corrected chi connectivity index (χ4v) is 3.28. The van der Waals surface area contributed by atoms with Crippen LogP contribution in [-0.4, -0.2) is 30.1 Å². The first-order valence-corrected chi connectivity index (χ1v) is 8.79. The summed E-state index contributed by atoms with van der Waals surface area (Å²) in [6.07, 6.45) is 1.21. The van der Waals surface area contributed by atoms with E-state index in [2.05, 4.69) is 5.32 Å². The van der Waals surface area contributed by atoms with Crippen LogP contribution >= 0.6 is 34.8 Å². The van der Waals surface area contributed by atoms with Crippen molar-refractivity contribution in [2.75, 3.05) is 12.0 Å². The van der Waals surface area contributed by atoms with Crippen molar-refractivity contribution in [3.63, 3.8) is 0 Å². The van der Waals surface area contributed by atoms with Crippen molar-refractivity contribution in [1.82, 2.24) is 5.32 Å². The van der Waals surface area contributed by atoms with Gasteiger partial charge >= 0.3 is 6.03 Å². The number of ether oxygens (including phenoxy) is 1. The van der Waals surface area contributed by atoms with Crippen LogP contribution in [0.3, 0.4) is 0 Å². The van der Waals surface area contributed by atoms with E-state index in [1.54, 1.807) is 0 Å². The monoisotopic (exact) mass is 440 g/mol. The van der Waals surface area contributed by atoms with Gasteiger partial charge in [-0.3, -0.25) is 14.9 Å². The molecular formula is C18H11Cl3N2O5. The lowest BCUT2D eigenvalue weighted by molar-refractivity contribution is -0.122. The van der Waals surface area contributed by atoms with Crippen molar-refractivity contribution in [1.29, 1.82) is 0 Å². The molecule has 28 heavy (non-hydrogen) atoms. The number of hydrogen-bond donors (Lipinski definition) is 2. The maximum atomic E-state index is 12.8. The van der Waals surface area contributed by atoms with Crippen LogP contribution in [0.15, 0.2) is 35.9 Å². The molecule has 0 spiro atoms. The predicted molar refractivity (Wildman–Crippen MR) is 105 cm³/mol. The summed E-state index contributed by atoms with van der Waals surface area (Å²) in [5.41, 5.74) is 0.103. The smallest absolute Gasteiger partial charge is 0.335 e. The number of halogens is 3. The summed E-state index contributed by atoms with van der Waals surface area (Å²) >= 11 is 17.8. The molecule has 0 bridgehead atoms. The van der Waals surface area contributed by atoms with Crippen molar-refractivity contribution in [2.45, 2.75) is 0 Å². The molecule has 4 amide bonds. The van der Waals surface area contributed by atoms with Gasteiger partial charge in [-0.15, -0.1) is 0 Å². The maximum absolute atomic E-state index is 12.8. The van der Waals surface area contributed by atoms with E-state index in [4.69, 9.17) is 39.5 Å². The largest absolute Gasteiger partial charge is 0.505 e. The lowest BCUT2D eigenvalue weighted by Crippen LogP contribution is -2.54. The third-order valence-electron chi connectivity index (χ3n) is 3.85. The summed E-state index contributed by atoms with van der Waals surface area (Å²) in [7, 11) is 1.42. The first-order valence-electron chi connectivity index (χ1n) is 7.66. The number of phenolic OH excluding ortho intramolecular Hbond substituents is 1. The number of urea groups is 1. The van der Waals surface area contributed by atoms with Crippen LogP contribution in [0.5, 0.6) is 11.5 Å². The van der Waals surface area contributed by atoms with E-state index in [1.165, 1.54) is 43.5 Å². The van der Waals surface area contributed by atoms with Gasteiger partial charge in [-0.25, -0.2) is 9.69 Å². The van der Waals surface area contributed by atoms with Gasteiger partial charge in [-0.1, -0.05) is 34.8 Å². The first kappa shape index (κ1) is 20.0. The van der Waals surface area contributed by atoms with Gasteiger partial charge in [-0.05, 0) is 42.0 Å². The molecule has 0 atom stereocenters. The Morgan fingerprint density at radius 3 is 2.25 bits per heavy atom. The molecular weight excluding hydrogens is 431 g/mol. The van der Waals surface area contributed by atoms with Gasteiger partial charge in [0.1, 0.15) is 11.3 Å². The van der Waals surface area contributed by atoms with Gasteiger partial charge in [0, 0.05) is 0 Å². The Morgan fingerprint density at radius 2 is 1.68 bits per heavy atom. The Hall–Kier alpha value is -2.74. The normalized spacial score (nSPS) is 15.8. The average molecular weight is 442 g/mol. The number of carbonyl (C=O) groups excluding carboxylic acids is 3. The standard InChI is InChI=1S/C18H11Cl3N2O5/c1-28-14-3-2-9(7-11(14)19)23-17(26)10(16(25)22-18(23)27)4-8-5-12(20)15(24)13(21)6-8/h2-7,24H,1H3,(H,22,25,27). The third kappa shape index (κ3) is 3.64. The number of amides is 4. The Morgan fingerprint density at radius 1 is 1.04 bits per heavy atom. The number of nitrogens with zero attached hydrogens (tertiary/aromatic N) is 1. The molecule has 3 rings (SSSR count). The summed E-state index contributed by atoms with van der Waals surface area (Å²) in [6, 6.07) is 6.01. The highest BCUT2D eigenvalue weighted by Gasteiger charge is 2.37. The van der Waals surface area contributed by atoms with Crippen LogP contribution < -0.4 is 15.0 Å². The number of rotatable bonds is 3. The van der Waals surface area contributed by atoms with E-state index in [0.717, 1.165) is 4.90 Å². The molecule has 2 N–H and O–H groups in total. The molecule has 1 heterocycles. The highest BCUT2D eigenvalue weighted by molar-refractivity contribution is 6.40. The summed E-state index contributed by atoms with van der Waals surface area (Å²) in [5, 5.41) is 11.8. The zero-order valence-corrected chi connectivity index (χ0v) is 16.4. The van der Waals surface area contributed by atoms with E-state index in [-0.39, 0.29) is 37.6 Å². The van der Waals surface area contributed by atoms with Crippen molar-refractivity contribution in [3.8, 4) is 11.5 Å². The molecule has 144 valence electrons. The van der Waals surface area contributed by atoms with E-state index >= 15 is 0 Å². The fourth-order valence-electron chi connectivity index (χ4n) is 2.52. The maximum Gasteiger partial charge on any atom is 0.335 e. The van der Waals surface area contributed by atoms with Gasteiger partial charge in [0.25, 0.3) is 11.8 Å². The van der Waals surface area contributed by atoms with Crippen LogP contribution in [0.25, 0.3) is 6.08 Å². The summed E-state index contributed by atoms with van der Waals surface area (Å²) in [4.78, 5) is 38.0. The van der Waals surface area contributed by atoms with Gasteiger partial charge in [-0.2, -0.15) is 0 Å². The minimum absolute atomic E-state index is 0.0575. The Kier molecular flexibility index (Phi) is 5.51. The second kappa shape index (κ2) is 7.71. The van der Waals surface area contributed by atoms with Crippen molar-refractivity contribution < 1.29 is 24.2 Å². The Labute approximate surface area is 174 Å². The van der Waals surface area contributed by atoms with Gasteiger partial charge in [0.05, 0.1) is 27.9 Å². The second-order valence-electron chi connectivity index (χ2n) is 5.61. The zero-order chi connectivity index (χ0) is 20.6. The average Bonchev–Trinajstić information content (AvgIpc) is 2.63. The predicted octanol–water partition coefficient (Wildman–Crippen LogP) is 4.03. The van der Waals surface area contributed by atoms with E-state index in [0.29, 0.717) is 5.75 Å². The van der Waals surface area contributed by atoms with Crippen molar-refractivity contribution in [3.05, 3.63) is 56.5 Å². The molecule has 1 aliphatic heterocycles. The minimum atomic E-state index is -0.921. The quantitative estimate of drug-likeness (QED) is 0.554. The van der Waals surface area contributed by atoms with Crippen LogP contribution in [0.4, 0.5) is 10.5 Å². The Balaban J connectivity index is 2.04. The SMILES string of the molecule is COc1ccc(N2C(=O)NC(=O)C(=Cc3cc(Cl)c(O)c(Cl)c3)C2=O)cc1Cl. The molecule has 0 radical (unpaired) electrons. The second-order valence-corrected chi connectivity index (χ2v) is 6.83. The van der Waals surface area contributed by atoms with Crippen LogP contribution in [0.2, 0.25) is 15.1 Å². The fraction of sp³-hybridized carbons (Fsp3) is 0.0556. The number of barbiturate groups is 1. The number of nitrogens with one attached hydrogen (secondary N) is 1. The molecule has 0 unspecified atom stereocenters. The lowest BCUT2D eigenvalue weighted by atomic mass is 10.1. The molecule has 0 aromatic heterocycles. The van der Waals surface area contributed by atoms with E-state index in [9.17, 15) is 19.5 Å². The molecule has 1 saturated heterocycles. The number of hydrogen-bond acceptors (Lipinski definition) is 5. The first-order chi connectivity index (χ1) is 13.2. The van der Waals surface area contributed by atoms with Crippen molar-refractivity contribution in [2.24, 2.45) is 0 Å². The topological polar surface area (TPSA) is 95.9 Å². The number of phenols is 1. The molecule has 1 fully saturated rings. The number of methoxy groups -OCH3 is 1. The van der Waals surface area contributed by atoms with Crippen LogP contribution in [0, 0.1) is 0 Å². The van der Waals surface area contributed by atoms with E-state index in [1.807, 2.05) is 0 Å². The molecule has 0 aliphatic carbocycles. The molecule has 10 heteroatoms. The molecule has 7 nitrogen and oxygen atoms in total. The molecule has 2 aromatic carbocycles. The number of anilines is 1.